The summed E-state index contributed by atoms with van der Waals surface area (Å²) in [6.45, 7) is 0. The molecule has 0 fully saturated rings. The van der Waals surface area contributed by atoms with Crippen molar-refractivity contribution in [3.63, 3.8) is 0 Å². The molecule has 2 aromatic carbocycles. The lowest BCUT2D eigenvalue weighted by Gasteiger charge is -2.12. The Morgan fingerprint density at radius 2 is 1.85 bits per heavy atom. The standard InChI is InChI=1S/C14H9BrClFN2O/c15-10-6-8(17)2-3-9(10)13(16)7-1-4-11-12(5-7)19-14(20)18-11/h1-6,13H,(H2,18,19,20). The van der Waals surface area contributed by atoms with Crippen LogP contribution in [0.5, 0.6) is 0 Å². The molecule has 3 aromatic rings. The van der Waals surface area contributed by atoms with E-state index in [4.69, 9.17) is 11.6 Å². The number of benzene rings is 2. The van der Waals surface area contributed by atoms with Crippen LogP contribution in [0.3, 0.4) is 0 Å². The van der Waals surface area contributed by atoms with E-state index in [0.29, 0.717) is 9.99 Å². The van der Waals surface area contributed by atoms with Crippen LogP contribution in [0.2, 0.25) is 0 Å². The van der Waals surface area contributed by atoms with Gasteiger partial charge in [0.15, 0.2) is 0 Å². The smallest absolute Gasteiger partial charge is 0.306 e. The molecular formula is C14H9BrClFN2O. The van der Waals surface area contributed by atoms with Crippen molar-refractivity contribution in [2.75, 3.05) is 0 Å². The minimum atomic E-state index is -0.437. The van der Waals surface area contributed by atoms with Crippen LogP contribution in [0.15, 0.2) is 45.7 Å². The van der Waals surface area contributed by atoms with Gasteiger partial charge in [0, 0.05) is 4.47 Å². The van der Waals surface area contributed by atoms with E-state index < -0.39 is 5.38 Å². The summed E-state index contributed by atoms with van der Waals surface area (Å²) in [5, 5.41) is -0.437. The lowest BCUT2D eigenvalue weighted by molar-refractivity contribution is 0.626. The maximum absolute atomic E-state index is 13.1. The highest BCUT2D eigenvalue weighted by Crippen LogP contribution is 2.34. The molecule has 1 atom stereocenters. The van der Waals surface area contributed by atoms with Gasteiger partial charge in [0.2, 0.25) is 0 Å². The molecule has 1 aromatic heterocycles. The molecule has 6 heteroatoms. The minimum Gasteiger partial charge on any atom is -0.306 e. The Bertz CT molecular complexity index is 843. The van der Waals surface area contributed by atoms with Crippen LogP contribution in [0, 0.1) is 5.82 Å². The third-order valence-electron chi connectivity index (χ3n) is 3.07. The number of rotatable bonds is 2. The van der Waals surface area contributed by atoms with Crippen molar-refractivity contribution in [3.8, 4) is 0 Å². The van der Waals surface area contributed by atoms with Crippen LogP contribution in [-0.2, 0) is 0 Å². The Balaban J connectivity index is 2.06. The molecule has 0 aliphatic carbocycles. The van der Waals surface area contributed by atoms with Crippen molar-refractivity contribution in [2.24, 2.45) is 0 Å². The summed E-state index contributed by atoms with van der Waals surface area (Å²) in [6, 6.07) is 9.81. The van der Waals surface area contributed by atoms with E-state index in [2.05, 4.69) is 25.9 Å². The van der Waals surface area contributed by atoms with Gasteiger partial charge in [0.25, 0.3) is 0 Å². The fraction of sp³-hybridized carbons (Fsp3) is 0.0714. The molecule has 0 bridgehead atoms. The number of hydrogen-bond acceptors (Lipinski definition) is 1. The maximum Gasteiger partial charge on any atom is 0.323 e. The average Bonchev–Trinajstić information content (AvgIpc) is 2.77. The van der Waals surface area contributed by atoms with E-state index in [9.17, 15) is 9.18 Å². The largest absolute Gasteiger partial charge is 0.323 e. The van der Waals surface area contributed by atoms with Crippen LogP contribution < -0.4 is 5.69 Å². The molecule has 20 heavy (non-hydrogen) atoms. The predicted molar refractivity (Wildman–Crippen MR) is 80.7 cm³/mol. The maximum atomic E-state index is 13.1. The number of aromatic amines is 2. The molecule has 2 N–H and O–H groups in total. The molecule has 3 rings (SSSR count). The highest BCUT2D eigenvalue weighted by atomic mass is 79.9. The summed E-state index contributed by atoms with van der Waals surface area (Å²) in [5.41, 5.74) is 2.75. The summed E-state index contributed by atoms with van der Waals surface area (Å²) in [4.78, 5) is 16.6. The van der Waals surface area contributed by atoms with Gasteiger partial charge in [0.1, 0.15) is 5.82 Å². The normalized spacial score (nSPS) is 12.8. The summed E-state index contributed by atoms with van der Waals surface area (Å²) < 4.78 is 13.7. The number of fused-ring (bicyclic) bond motifs is 1. The average molecular weight is 356 g/mol. The number of hydrogen-bond donors (Lipinski definition) is 2. The Morgan fingerprint density at radius 3 is 2.60 bits per heavy atom. The Kier molecular flexibility index (Phi) is 3.40. The monoisotopic (exact) mass is 354 g/mol. The molecule has 3 nitrogen and oxygen atoms in total. The van der Waals surface area contributed by atoms with Gasteiger partial charge in [-0.3, -0.25) is 0 Å². The molecule has 0 aliphatic heterocycles. The van der Waals surface area contributed by atoms with Gasteiger partial charge in [0.05, 0.1) is 16.4 Å². The molecule has 1 unspecified atom stereocenters. The van der Waals surface area contributed by atoms with Gasteiger partial charge in [-0.2, -0.15) is 0 Å². The molecule has 0 radical (unpaired) electrons. The van der Waals surface area contributed by atoms with Crippen LogP contribution in [0.4, 0.5) is 4.39 Å². The van der Waals surface area contributed by atoms with Gasteiger partial charge in [-0.25, -0.2) is 9.18 Å². The van der Waals surface area contributed by atoms with Crippen molar-refractivity contribution in [1.29, 1.82) is 0 Å². The van der Waals surface area contributed by atoms with Crippen LogP contribution >= 0.6 is 27.5 Å². The number of halogens is 3. The van der Waals surface area contributed by atoms with Gasteiger partial charge < -0.3 is 9.97 Å². The fourth-order valence-electron chi connectivity index (χ4n) is 2.09. The zero-order chi connectivity index (χ0) is 14.3. The molecule has 1 heterocycles. The number of imidazole rings is 1. The van der Waals surface area contributed by atoms with E-state index in [0.717, 1.165) is 16.6 Å². The first-order valence-corrected chi connectivity index (χ1v) is 7.08. The third-order valence-corrected chi connectivity index (χ3v) is 4.24. The Labute approximate surface area is 126 Å². The van der Waals surface area contributed by atoms with Crippen LogP contribution in [-0.4, -0.2) is 9.97 Å². The first kappa shape index (κ1) is 13.4. The zero-order valence-electron chi connectivity index (χ0n) is 10.1. The highest BCUT2D eigenvalue weighted by molar-refractivity contribution is 9.10. The number of nitrogens with one attached hydrogen (secondary N) is 2. The van der Waals surface area contributed by atoms with Crippen molar-refractivity contribution in [2.45, 2.75) is 5.38 Å². The second-order valence-electron chi connectivity index (χ2n) is 4.41. The van der Waals surface area contributed by atoms with Gasteiger partial charge in [-0.15, -0.1) is 11.6 Å². The Hall–Kier alpha value is -1.59. The van der Waals surface area contributed by atoms with Crippen molar-refractivity contribution in [1.82, 2.24) is 9.97 Å². The van der Waals surface area contributed by atoms with Crippen LogP contribution in [0.1, 0.15) is 16.5 Å². The third kappa shape index (κ3) is 2.39. The van der Waals surface area contributed by atoms with Crippen LogP contribution in [0.25, 0.3) is 11.0 Å². The molecule has 0 saturated heterocycles. The zero-order valence-corrected chi connectivity index (χ0v) is 12.4. The molecule has 0 saturated carbocycles. The number of H-pyrrole nitrogens is 2. The molecular weight excluding hydrogens is 347 g/mol. The second-order valence-corrected chi connectivity index (χ2v) is 5.70. The second kappa shape index (κ2) is 5.07. The fourth-order valence-corrected chi connectivity index (χ4v) is 3.13. The SMILES string of the molecule is O=c1[nH]c2ccc(C(Cl)c3ccc(F)cc3Br)cc2[nH]1. The number of alkyl halides is 1. The molecule has 0 spiro atoms. The van der Waals surface area contributed by atoms with E-state index >= 15 is 0 Å². The topological polar surface area (TPSA) is 48.6 Å². The van der Waals surface area contributed by atoms with Gasteiger partial charge >= 0.3 is 5.69 Å². The van der Waals surface area contributed by atoms with Gasteiger partial charge in [-0.1, -0.05) is 28.1 Å². The minimum absolute atomic E-state index is 0.258. The predicted octanol–water partition coefficient (Wildman–Crippen LogP) is 4.09. The summed E-state index contributed by atoms with van der Waals surface area (Å²) >= 11 is 9.75. The van der Waals surface area contributed by atoms with E-state index in [1.807, 2.05) is 6.07 Å². The number of aromatic nitrogens is 2. The lowest BCUT2D eigenvalue weighted by Crippen LogP contribution is -1.99. The summed E-state index contributed by atoms with van der Waals surface area (Å²) in [6.07, 6.45) is 0. The highest BCUT2D eigenvalue weighted by Gasteiger charge is 2.15. The molecule has 102 valence electrons. The quantitative estimate of drug-likeness (QED) is 0.668. The van der Waals surface area contributed by atoms with E-state index in [1.165, 1.54) is 12.1 Å². The Morgan fingerprint density at radius 1 is 1.10 bits per heavy atom. The van der Waals surface area contributed by atoms with E-state index in [1.54, 1.807) is 18.2 Å². The molecule has 0 aliphatic rings. The van der Waals surface area contributed by atoms with Gasteiger partial charge in [-0.05, 0) is 35.4 Å². The lowest BCUT2D eigenvalue weighted by atomic mass is 10.0. The van der Waals surface area contributed by atoms with Crippen molar-refractivity contribution < 1.29 is 4.39 Å². The first-order valence-electron chi connectivity index (χ1n) is 5.85. The first-order chi connectivity index (χ1) is 9.54. The summed E-state index contributed by atoms with van der Waals surface area (Å²) in [5.74, 6) is -0.324. The van der Waals surface area contributed by atoms with Crippen molar-refractivity contribution in [3.05, 3.63) is 68.3 Å². The molecule has 0 amide bonds. The van der Waals surface area contributed by atoms with E-state index in [-0.39, 0.29) is 11.5 Å². The summed E-state index contributed by atoms with van der Waals surface area (Å²) in [7, 11) is 0. The van der Waals surface area contributed by atoms with Crippen molar-refractivity contribution >= 4 is 38.6 Å².